The normalized spacial score (nSPS) is 13.2. The van der Waals surface area contributed by atoms with Gasteiger partial charge in [0.1, 0.15) is 5.82 Å². The Morgan fingerprint density at radius 1 is 1.28 bits per heavy atom. The first-order valence-corrected chi connectivity index (χ1v) is 8.75. The molecule has 1 aliphatic rings. The molecule has 0 unspecified atom stereocenters. The number of hydrogen-bond acceptors (Lipinski definition) is 4. The van der Waals surface area contributed by atoms with Gasteiger partial charge in [-0.3, -0.25) is 9.78 Å². The molecular formula is C19H21N5O. The first-order chi connectivity index (χ1) is 12.2. The zero-order chi connectivity index (χ0) is 17.4. The number of amides is 1. The minimum absolute atomic E-state index is 0.0981. The van der Waals surface area contributed by atoms with E-state index in [-0.39, 0.29) is 5.91 Å². The fourth-order valence-electron chi connectivity index (χ4n) is 3.41. The van der Waals surface area contributed by atoms with Gasteiger partial charge < -0.3 is 9.88 Å². The van der Waals surface area contributed by atoms with E-state index >= 15 is 0 Å². The summed E-state index contributed by atoms with van der Waals surface area (Å²) in [5, 5.41) is 12.3. The summed E-state index contributed by atoms with van der Waals surface area (Å²) < 4.78 is 2.10. The molecule has 1 N–H and O–H groups in total. The summed E-state index contributed by atoms with van der Waals surface area (Å²) >= 11 is 0. The van der Waals surface area contributed by atoms with E-state index in [2.05, 4.69) is 44.1 Å². The second-order valence-corrected chi connectivity index (χ2v) is 6.49. The third-order valence-corrected chi connectivity index (χ3v) is 4.75. The molecule has 1 aromatic carbocycles. The molecule has 2 aromatic heterocycles. The molecule has 3 aromatic rings. The van der Waals surface area contributed by atoms with E-state index in [0.29, 0.717) is 12.1 Å². The minimum atomic E-state index is -0.0981. The number of pyridine rings is 1. The van der Waals surface area contributed by atoms with Crippen molar-refractivity contribution < 1.29 is 4.79 Å². The molecule has 0 saturated heterocycles. The largest absolute Gasteiger partial charge is 0.345 e. The van der Waals surface area contributed by atoms with Gasteiger partial charge in [0, 0.05) is 24.0 Å². The number of aryl methyl sites for hydroxylation is 3. The van der Waals surface area contributed by atoms with E-state index in [0.717, 1.165) is 54.1 Å². The number of nitrogens with one attached hydrogen (secondary N) is 1. The number of hydrogen-bond donors (Lipinski definition) is 1. The first kappa shape index (κ1) is 15.7. The lowest BCUT2D eigenvalue weighted by Crippen LogP contribution is -2.25. The smallest absolute Gasteiger partial charge is 0.252 e. The summed E-state index contributed by atoms with van der Waals surface area (Å²) in [6.45, 7) is 5.34. The summed E-state index contributed by atoms with van der Waals surface area (Å²) in [6.07, 6.45) is 2.99. The quantitative estimate of drug-likeness (QED) is 0.795. The Morgan fingerprint density at radius 2 is 2.16 bits per heavy atom. The molecule has 0 radical (unpaired) electrons. The number of benzene rings is 1. The second-order valence-electron chi connectivity index (χ2n) is 6.49. The van der Waals surface area contributed by atoms with Gasteiger partial charge in [0.2, 0.25) is 0 Å². The van der Waals surface area contributed by atoms with Gasteiger partial charge in [0.25, 0.3) is 5.91 Å². The highest BCUT2D eigenvalue weighted by Gasteiger charge is 2.18. The average Bonchev–Trinajstić information content (AvgIpc) is 3.22. The van der Waals surface area contributed by atoms with E-state index in [1.165, 1.54) is 5.56 Å². The number of carbonyl (C=O) groups is 1. The van der Waals surface area contributed by atoms with Gasteiger partial charge in [-0.25, -0.2) is 0 Å². The molecule has 1 amide bonds. The van der Waals surface area contributed by atoms with Crippen LogP contribution in [0.4, 0.5) is 0 Å². The first-order valence-electron chi connectivity index (χ1n) is 8.75. The predicted octanol–water partition coefficient (Wildman–Crippen LogP) is 2.57. The maximum atomic E-state index is 12.8. The number of rotatable bonds is 4. The minimum Gasteiger partial charge on any atom is -0.345 e. The Hall–Kier alpha value is -2.76. The van der Waals surface area contributed by atoms with Crippen LogP contribution in [0, 0.1) is 6.92 Å². The van der Waals surface area contributed by atoms with E-state index < -0.39 is 0 Å². The fourth-order valence-corrected chi connectivity index (χ4v) is 3.41. The zero-order valence-corrected chi connectivity index (χ0v) is 14.5. The summed E-state index contributed by atoms with van der Waals surface area (Å²) in [4.78, 5) is 17.4. The van der Waals surface area contributed by atoms with Gasteiger partial charge in [-0.2, -0.15) is 0 Å². The van der Waals surface area contributed by atoms with E-state index in [9.17, 15) is 4.79 Å². The lowest BCUT2D eigenvalue weighted by atomic mass is 10.0. The van der Waals surface area contributed by atoms with Crippen molar-refractivity contribution in [1.82, 2.24) is 25.1 Å². The van der Waals surface area contributed by atoms with Crippen LogP contribution in [0.5, 0.6) is 0 Å². The van der Waals surface area contributed by atoms with E-state index in [4.69, 9.17) is 0 Å². The summed E-state index contributed by atoms with van der Waals surface area (Å²) in [5.74, 6) is 1.74. The standard InChI is InChI=1S/C19H21N5O/c1-3-13-6-7-16-14(10-13)15(9-12(2)21-16)19(25)20-11-18-23-22-17-5-4-8-24(17)18/h6-7,9-10H,3-5,8,11H2,1-2H3,(H,20,25). The van der Waals surface area contributed by atoms with Crippen molar-refractivity contribution >= 4 is 16.8 Å². The van der Waals surface area contributed by atoms with Crippen LogP contribution in [0.2, 0.25) is 0 Å². The molecule has 6 heteroatoms. The topological polar surface area (TPSA) is 72.7 Å². The molecule has 0 saturated carbocycles. The van der Waals surface area contributed by atoms with Gasteiger partial charge in [0.05, 0.1) is 17.6 Å². The van der Waals surface area contributed by atoms with Crippen LogP contribution < -0.4 is 5.32 Å². The average molecular weight is 335 g/mol. The Kier molecular flexibility index (Phi) is 3.95. The van der Waals surface area contributed by atoms with Crippen LogP contribution in [0.1, 0.15) is 46.6 Å². The Morgan fingerprint density at radius 3 is 3.00 bits per heavy atom. The molecule has 0 atom stereocenters. The van der Waals surface area contributed by atoms with Crippen LogP contribution in [-0.2, 0) is 25.9 Å². The van der Waals surface area contributed by atoms with Crippen molar-refractivity contribution in [3.63, 3.8) is 0 Å². The van der Waals surface area contributed by atoms with Crippen LogP contribution in [0.3, 0.4) is 0 Å². The summed E-state index contributed by atoms with van der Waals surface area (Å²) in [6, 6.07) is 7.97. The Labute approximate surface area is 146 Å². The van der Waals surface area contributed by atoms with Crippen LogP contribution in [0.25, 0.3) is 10.9 Å². The SMILES string of the molecule is CCc1ccc2nc(C)cc(C(=O)NCc3nnc4n3CCC4)c2c1. The van der Waals surface area contributed by atoms with Crippen LogP contribution in [0.15, 0.2) is 24.3 Å². The molecule has 0 spiro atoms. The highest BCUT2D eigenvalue weighted by molar-refractivity contribution is 6.06. The van der Waals surface area contributed by atoms with Crippen molar-refractivity contribution in [2.24, 2.45) is 0 Å². The lowest BCUT2D eigenvalue weighted by Gasteiger charge is -2.10. The van der Waals surface area contributed by atoms with Crippen LogP contribution in [-0.4, -0.2) is 25.7 Å². The van der Waals surface area contributed by atoms with Crippen molar-refractivity contribution in [1.29, 1.82) is 0 Å². The number of nitrogens with zero attached hydrogens (tertiary/aromatic N) is 4. The molecule has 0 aliphatic carbocycles. The van der Waals surface area contributed by atoms with Gasteiger partial charge in [-0.1, -0.05) is 13.0 Å². The van der Waals surface area contributed by atoms with Crippen molar-refractivity contribution in [2.75, 3.05) is 0 Å². The maximum absolute atomic E-state index is 12.8. The number of aromatic nitrogens is 4. The molecule has 0 bridgehead atoms. The second kappa shape index (κ2) is 6.27. The molecule has 6 nitrogen and oxygen atoms in total. The third-order valence-electron chi connectivity index (χ3n) is 4.75. The molecule has 4 rings (SSSR count). The van der Waals surface area contributed by atoms with E-state index in [1.807, 2.05) is 19.1 Å². The Bertz CT molecular complexity index is 960. The highest BCUT2D eigenvalue weighted by Crippen LogP contribution is 2.21. The monoisotopic (exact) mass is 335 g/mol. The molecule has 3 heterocycles. The summed E-state index contributed by atoms with van der Waals surface area (Å²) in [5.41, 5.74) is 3.55. The predicted molar refractivity (Wildman–Crippen MR) is 95.4 cm³/mol. The maximum Gasteiger partial charge on any atom is 0.252 e. The summed E-state index contributed by atoms with van der Waals surface area (Å²) in [7, 11) is 0. The lowest BCUT2D eigenvalue weighted by molar-refractivity contribution is 0.0951. The molecule has 0 fully saturated rings. The molecule has 1 aliphatic heterocycles. The van der Waals surface area contributed by atoms with E-state index in [1.54, 1.807) is 0 Å². The van der Waals surface area contributed by atoms with Crippen molar-refractivity contribution in [2.45, 2.75) is 46.2 Å². The van der Waals surface area contributed by atoms with Crippen molar-refractivity contribution in [3.8, 4) is 0 Å². The van der Waals surface area contributed by atoms with Crippen molar-refractivity contribution in [3.05, 3.63) is 52.7 Å². The van der Waals surface area contributed by atoms with Gasteiger partial charge in [-0.05, 0) is 43.5 Å². The molecule has 25 heavy (non-hydrogen) atoms. The molecule has 128 valence electrons. The Balaban J connectivity index is 1.62. The highest BCUT2D eigenvalue weighted by atomic mass is 16.1. The number of carbonyl (C=O) groups excluding carboxylic acids is 1. The molecular weight excluding hydrogens is 314 g/mol. The van der Waals surface area contributed by atoms with Gasteiger partial charge in [0.15, 0.2) is 5.82 Å². The third kappa shape index (κ3) is 2.88. The van der Waals surface area contributed by atoms with Gasteiger partial charge >= 0.3 is 0 Å². The fraction of sp³-hybridized carbons (Fsp3) is 0.368. The van der Waals surface area contributed by atoms with Gasteiger partial charge in [-0.15, -0.1) is 10.2 Å². The van der Waals surface area contributed by atoms with Crippen LogP contribution >= 0.6 is 0 Å². The zero-order valence-electron chi connectivity index (χ0n) is 14.5. The number of fused-ring (bicyclic) bond motifs is 2.